The summed E-state index contributed by atoms with van der Waals surface area (Å²) in [6, 6.07) is 0. The van der Waals surface area contributed by atoms with E-state index in [4.69, 9.17) is 0 Å². The summed E-state index contributed by atoms with van der Waals surface area (Å²) in [4.78, 5) is 5.89. The fourth-order valence-corrected chi connectivity index (χ4v) is 0.698. The predicted octanol–water partition coefficient (Wildman–Crippen LogP) is -0.620. The highest BCUT2D eigenvalue weighted by molar-refractivity contribution is 7.72. The molecular weight excluding hydrogens is 128 g/mol. The molecule has 5 heteroatoms. The first-order valence-corrected chi connectivity index (χ1v) is 3.12. The van der Waals surface area contributed by atoms with Crippen LogP contribution in [0.3, 0.4) is 0 Å². The predicted molar refractivity (Wildman–Crippen MR) is 27.2 cm³/mol. The Labute approximate surface area is 47.5 Å². The zero-order chi connectivity index (χ0) is 5.98. The third-order valence-electron chi connectivity index (χ3n) is 0.657. The van der Waals surface area contributed by atoms with Gasteiger partial charge < -0.3 is 4.98 Å². The Hall–Kier alpha value is -0.840. The molecule has 8 heavy (non-hydrogen) atoms. The highest BCUT2D eigenvalue weighted by Gasteiger charge is 1.90. The number of nitrogens with one attached hydrogen (secondary N) is 1. The van der Waals surface area contributed by atoms with Gasteiger partial charge in [0.2, 0.25) is 15.9 Å². The maximum absolute atomic E-state index is 10.0. The van der Waals surface area contributed by atoms with E-state index in [1.54, 1.807) is 0 Å². The first kappa shape index (κ1) is 5.30. The monoisotopic (exact) mass is 132 g/mol. The molecule has 0 aliphatic heterocycles. The van der Waals surface area contributed by atoms with Crippen molar-refractivity contribution in [2.75, 3.05) is 0 Å². The number of hydrogen-bond donors (Lipinski definition) is 2. The molecule has 0 aliphatic rings. The van der Waals surface area contributed by atoms with Gasteiger partial charge in [0, 0.05) is 12.4 Å². The van der Waals surface area contributed by atoms with Crippen LogP contribution in [0.25, 0.3) is 0 Å². The average molecular weight is 132 g/mol. The Morgan fingerprint density at radius 3 is 2.62 bits per heavy atom. The SMILES string of the molecule is O=[SH](=O)c1ncc[nH]1. The second-order valence-electron chi connectivity index (χ2n) is 1.17. The summed E-state index contributed by atoms with van der Waals surface area (Å²) in [6.07, 6.45) is 2.85. The molecule has 0 aromatic carbocycles. The lowest BCUT2D eigenvalue weighted by Crippen LogP contribution is -1.79. The topological polar surface area (TPSA) is 62.8 Å². The molecule has 0 aliphatic carbocycles. The molecule has 0 spiro atoms. The second kappa shape index (κ2) is 1.95. The van der Waals surface area contributed by atoms with Crippen molar-refractivity contribution >= 4 is 10.7 Å². The van der Waals surface area contributed by atoms with Crippen LogP contribution in [0, 0.1) is 0 Å². The zero-order valence-electron chi connectivity index (χ0n) is 3.87. The van der Waals surface area contributed by atoms with Crippen LogP contribution in [0.4, 0.5) is 0 Å². The van der Waals surface area contributed by atoms with Crippen molar-refractivity contribution in [1.29, 1.82) is 0 Å². The molecule has 0 fully saturated rings. The number of aromatic amines is 1. The van der Waals surface area contributed by atoms with Crippen LogP contribution >= 0.6 is 0 Å². The van der Waals surface area contributed by atoms with E-state index in [2.05, 4.69) is 9.97 Å². The highest BCUT2D eigenvalue weighted by Crippen LogP contribution is 1.85. The normalized spacial score (nSPS) is 10.1. The van der Waals surface area contributed by atoms with E-state index in [-0.39, 0.29) is 5.16 Å². The molecule has 0 unspecified atom stereocenters. The van der Waals surface area contributed by atoms with Crippen molar-refractivity contribution in [2.45, 2.75) is 5.16 Å². The van der Waals surface area contributed by atoms with Gasteiger partial charge in [-0.3, -0.25) is 0 Å². The Morgan fingerprint density at radius 1 is 1.62 bits per heavy atom. The Bertz CT molecular complexity index is 217. The summed E-state index contributed by atoms with van der Waals surface area (Å²) in [5.41, 5.74) is 0. The van der Waals surface area contributed by atoms with Crippen LogP contribution < -0.4 is 0 Å². The Morgan fingerprint density at radius 2 is 2.38 bits per heavy atom. The van der Waals surface area contributed by atoms with Crippen molar-refractivity contribution in [1.82, 2.24) is 9.97 Å². The van der Waals surface area contributed by atoms with E-state index in [0.29, 0.717) is 0 Å². The van der Waals surface area contributed by atoms with Crippen molar-refractivity contribution in [3.63, 3.8) is 0 Å². The van der Waals surface area contributed by atoms with Gasteiger partial charge in [0.25, 0.3) is 0 Å². The van der Waals surface area contributed by atoms with E-state index < -0.39 is 10.7 Å². The fraction of sp³-hybridized carbons (Fsp3) is 0. The molecule has 1 N–H and O–H groups in total. The van der Waals surface area contributed by atoms with E-state index in [9.17, 15) is 8.42 Å². The standard InChI is InChI=1S/C3H4N2O2S/c6-8(7)3-4-1-2-5-3/h1-2,8H,(H,4,5). The van der Waals surface area contributed by atoms with Crippen LogP contribution in [-0.2, 0) is 10.7 Å². The van der Waals surface area contributed by atoms with Gasteiger partial charge in [0.15, 0.2) is 0 Å². The van der Waals surface area contributed by atoms with Crippen LogP contribution in [0.15, 0.2) is 17.6 Å². The minimum Gasteiger partial charge on any atom is -0.336 e. The lowest BCUT2D eigenvalue weighted by Gasteiger charge is -1.72. The molecule has 1 aromatic rings. The van der Waals surface area contributed by atoms with Gasteiger partial charge in [-0.1, -0.05) is 0 Å². The summed E-state index contributed by atoms with van der Waals surface area (Å²) in [5.74, 6) is 0. The minimum atomic E-state index is -2.53. The van der Waals surface area contributed by atoms with Crippen molar-refractivity contribution in [2.24, 2.45) is 0 Å². The molecule has 0 amide bonds. The van der Waals surface area contributed by atoms with Crippen LogP contribution in [-0.4, -0.2) is 18.4 Å². The van der Waals surface area contributed by atoms with Gasteiger partial charge in [-0.25, -0.2) is 13.4 Å². The number of imidazole rings is 1. The van der Waals surface area contributed by atoms with Gasteiger partial charge in [-0.05, 0) is 0 Å². The van der Waals surface area contributed by atoms with Gasteiger partial charge in [0.05, 0.1) is 0 Å². The molecule has 0 bridgehead atoms. The summed E-state index contributed by atoms with van der Waals surface area (Å²) in [6.45, 7) is 0. The number of aromatic nitrogens is 2. The second-order valence-corrected chi connectivity index (χ2v) is 2.11. The molecule has 0 saturated carbocycles. The Balaban J connectivity index is 3.11. The number of rotatable bonds is 1. The molecule has 1 heterocycles. The highest BCUT2D eigenvalue weighted by atomic mass is 32.2. The van der Waals surface area contributed by atoms with E-state index in [0.717, 1.165) is 0 Å². The quantitative estimate of drug-likeness (QED) is 0.500. The van der Waals surface area contributed by atoms with Crippen molar-refractivity contribution in [3.05, 3.63) is 12.4 Å². The van der Waals surface area contributed by atoms with Crippen LogP contribution in [0.2, 0.25) is 0 Å². The third kappa shape index (κ3) is 0.865. The summed E-state index contributed by atoms with van der Waals surface area (Å²) in [7, 11) is -2.53. The van der Waals surface area contributed by atoms with Gasteiger partial charge in [-0.2, -0.15) is 0 Å². The van der Waals surface area contributed by atoms with E-state index in [1.165, 1.54) is 12.4 Å². The molecular formula is C3H4N2O2S. The molecule has 0 atom stereocenters. The molecule has 44 valence electrons. The first-order valence-electron chi connectivity index (χ1n) is 1.94. The van der Waals surface area contributed by atoms with Gasteiger partial charge in [0.1, 0.15) is 0 Å². The third-order valence-corrected chi connectivity index (χ3v) is 1.25. The minimum absolute atomic E-state index is 0.0139. The van der Waals surface area contributed by atoms with Crippen LogP contribution in [0.1, 0.15) is 0 Å². The number of hydrogen-bond acceptors (Lipinski definition) is 3. The van der Waals surface area contributed by atoms with Crippen molar-refractivity contribution in [3.8, 4) is 0 Å². The zero-order valence-corrected chi connectivity index (χ0v) is 4.76. The molecule has 1 rings (SSSR count). The molecule has 0 radical (unpaired) electrons. The molecule has 0 saturated heterocycles. The molecule has 4 nitrogen and oxygen atoms in total. The van der Waals surface area contributed by atoms with Crippen LogP contribution in [0.5, 0.6) is 0 Å². The van der Waals surface area contributed by atoms with Gasteiger partial charge in [-0.15, -0.1) is 0 Å². The Kier molecular flexibility index (Phi) is 1.29. The summed E-state index contributed by atoms with van der Waals surface area (Å²) < 4.78 is 20.0. The summed E-state index contributed by atoms with van der Waals surface area (Å²) >= 11 is 0. The number of thiol groups is 1. The average Bonchev–Trinajstić information content (AvgIpc) is 2.12. The smallest absolute Gasteiger partial charge is 0.222 e. The largest absolute Gasteiger partial charge is 0.336 e. The fourth-order valence-electron chi connectivity index (χ4n) is 0.357. The first-order chi connectivity index (χ1) is 3.80. The van der Waals surface area contributed by atoms with E-state index in [1.807, 2.05) is 0 Å². The number of nitrogens with zero attached hydrogens (tertiary/aromatic N) is 1. The molecule has 1 aromatic heterocycles. The van der Waals surface area contributed by atoms with Gasteiger partial charge >= 0.3 is 0 Å². The van der Waals surface area contributed by atoms with E-state index >= 15 is 0 Å². The lowest BCUT2D eigenvalue weighted by atomic mass is 11.0. The lowest BCUT2D eigenvalue weighted by molar-refractivity contribution is 0.608. The summed E-state index contributed by atoms with van der Waals surface area (Å²) in [5, 5.41) is 0.0139. The number of H-pyrrole nitrogens is 1. The van der Waals surface area contributed by atoms with Crippen molar-refractivity contribution < 1.29 is 8.42 Å². The maximum atomic E-state index is 10.0. The maximum Gasteiger partial charge on any atom is 0.222 e.